The van der Waals surface area contributed by atoms with Gasteiger partial charge in [0.25, 0.3) is 0 Å². The van der Waals surface area contributed by atoms with Crippen LogP contribution < -0.4 is 0 Å². The highest BCUT2D eigenvalue weighted by Gasteiger charge is 2.19. The largest absolute Gasteiger partial charge is 0.265 e. The SMILES string of the molecule is CC(C)c1nc(-c2cccc(-c3nc(-c4ccccc4)nc(-c4cc(-c5ccncc5)cc(-c5nc(-c6ccccc6)nc(-c6ccccc6)n5)c4)n3)c2)nc(C(C)C)n1. The number of nitrogens with zero attached hydrogens (tertiary/aromatic N) is 10. The highest BCUT2D eigenvalue weighted by Crippen LogP contribution is 2.34. The van der Waals surface area contributed by atoms with Gasteiger partial charge in [0.2, 0.25) is 0 Å². The predicted molar refractivity (Wildman–Crippen MR) is 236 cm³/mol. The second-order valence-electron chi connectivity index (χ2n) is 15.0. The quantitative estimate of drug-likeness (QED) is 0.132. The van der Waals surface area contributed by atoms with Crippen LogP contribution in [0.1, 0.15) is 51.2 Å². The Balaban J connectivity index is 1.24. The molecule has 10 heteroatoms. The Hall–Kier alpha value is -7.72. The highest BCUT2D eigenvalue weighted by molar-refractivity contribution is 5.80. The van der Waals surface area contributed by atoms with Crippen LogP contribution in [-0.2, 0) is 0 Å². The van der Waals surface area contributed by atoms with Crippen molar-refractivity contribution in [1.29, 1.82) is 0 Å². The Labute approximate surface area is 348 Å². The van der Waals surface area contributed by atoms with Crippen molar-refractivity contribution >= 4 is 0 Å². The highest BCUT2D eigenvalue weighted by atomic mass is 15.1. The van der Waals surface area contributed by atoms with Crippen molar-refractivity contribution in [2.24, 2.45) is 0 Å². The van der Waals surface area contributed by atoms with Crippen molar-refractivity contribution in [1.82, 2.24) is 49.8 Å². The molecule has 0 saturated carbocycles. The van der Waals surface area contributed by atoms with Gasteiger partial charge in [0, 0.05) is 63.2 Å². The van der Waals surface area contributed by atoms with Crippen molar-refractivity contribution in [3.05, 3.63) is 170 Å². The summed E-state index contributed by atoms with van der Waals surface area (Å²) < 4.78 is 0. The first-order valence-corrected chi connectivity index (χ1v) is 20.0. The number of benzene rings is 5. The second kappa shape index (κ2) is 16.6. The molecule has 4 heterocycles. The normalized spacial score (nSPS) is 11.3. The first kappa shape index (κ1) is 37.8. The monoisotopic (exact) mass is 780 g/mol. The summed E-state index contributed by atoms with van der Waals surface area (Å²) in [5.74, 6) is 5.64. The van der Waals surface area contributed by atoms with Gasteiger partial charge in [-0.25, -0.2) is 44.9 Å². The molecule has 0 bridgehead atoms. The van der Waals surface area contributed by atoms with E-state index in [0.717, 1.165) is 61.7 Å². The lowest BCUT2D eigenvalue weighted by Crippen LogP contribution is -2.08. The van der Waals surface area contributed by atoms with E-state index >= 15 is 0 Å². The van der Waals surface area contributed by atoms with Gasteiger partial charge in [-0.2, -0.15) is 0 Å². The summed E-state index contributed by atoms with van der Waals surface area (Å²) in [6, 6.07) is 48.1. The molecule has 0 aliphatic carbocycles. The van der Waals surface area contributed by atoms with E-state index in [2.05, 4.69) is 44.8 Å². The van der Waals surface area contributed by atoms with E-state index in [9.17, 15) is 0 Å². The molecule has 0 atom stereocenters. The molecule has 0 spiro atoms. The van der Waals surface area contributed by atoms with E-state index in [-0.39, 0.29) is 11.8 Å². The van der Waals surface area contributed by atoms with Gasteiger partial charge in [-0.3, -0.25) is 4.98 Å². The number of rotatable bonds is 10. The van der Waals surface area contributed by atoms with Gasteiger partial charge in [-0.05, 0) is 47.5 Å². The molecule has 0 unspecified atom stereocenters. The average Bonchev–Trinajstić information content (AvgIpc) is 3.32. The Morgan fingerprint density at radius 2 is 0.583 bits per heavy atom. The molecule has 10 nitrogen and oxygen atoms in total. The molecular formula is C50H40N10. The Bertz CT molecular complexity index is 2840. The third-order valence-corrected chi connectivity index (χ3v) is 9.91. The molecule has 60 heavy (non-hydrogen) atoms. The molecule has 5 aromatic carbocycles. The van der Waals surface area contributed by atoms with Crippen LogP contribution in [0.25, 0.3) is 90.8 Å². The Morgan fingerprint density at radius 3 is 0.983 bits per heavy atom. The summed E-state index contributed by atoms with van der Waals surface area (Å²) in [5.41, 5.74) is 7.72. The maximum absolute atomic E-state index is 5.18. The first-order chi connectivity index (χ1) is 29.3. The third-order valence-electron chi connectivity index (χ3n) is 9.91. The molecule has 4 aromatic heterocycles. The van der Waals surface area contributed by atoms with Crippen LogP contribution >= 0.6 is 0 Å². The Kier molecular flexibility index (Phi) is 10.5. The van der Waals surface area contributed by atoms with Gasteiger partial charge < -0.3 is 0 Å². The van der Waals surface area contributed by atoms with Crippen molar-refractivity contribution in [3.63, 3.8) is 0 Å². The summed E-state index contributed by atoms with van der Waals surface area (Å²) in [5, 5.41) is 0. The minimum Gasteiger partial charge on any atom is -0.265 e. The predicted octanol–water partition coefficient (Wildman–Crippen LogP) is 11.2. The Morgan fingerprint density at radius 1 is 0.267 bits per heavy atom. The van der Waals surface area contributed by atoms with Crippen LogP contribution in [-0.4, -0.2) is 49.8 Å². The minimum atomic E-state index is 0.146. The lowest BCUT2D eigenvalue weighted by atomic mass is 9.99. The number of pyridine rings is 1. The number of hydrogen-bond donors (Lipinski definition) is 0. The molecule has 0 amide bonds. The van der Waals surface area contributed by atoms with E-state index < -0.39 is 0 Å². The maximum atomic E-state index is 5.18. The van der Waals surface area contributed by atoms with Gasteiger partial charge in [-0.15, -0.1) is 0 Å². The fraction of sp³-hybridized carbons (Fsp3) is 0.120. The molecule has 0 N–H and O–H groups in total. The van der Waals surface area contributed by atoms with Crippen LogP contribution in [0.2, 0.25) is 0 Å². The molecule has 9 aromatic rings. The zero-order valence-corrected chi connectivity index (χ0v) is 33.6. The molecule has 0 fully saturated rings. The van der Waals surface area contributed by atoms with Crippen LogP contribution in [0.4, 0.5) is 0 Å². The van der Waals surface area contributed by atoms with Gasteiger partial charge in [-0.1, -0.05) is 137 Å². The van der Waals surface area contributed by atoms with Crippen LogP contribution in [0.15, 0.2) is 158 Å². The molecule has 9 rings (SSSR count). The topological polar surface area (TPSA) is 129 Å². The zero-order chi connectivity index (χ0) is 41.0. The number of aromatic nitrogens is 10. The van der Waals surface area contributed by atoms with Crippen LogP contribution in [0.3, 0.4) is 0 Å². The standard InChI is InChI=1S/C50H40N10/c1-31(2)42-52-43(32(3)4)54-47(53-42)37-21-14-22-38(27-37)48-56-46(36-19-12-7-13-20-36)59-50(60-48)41-29-39(33-23-25-51-26-24-33)28-40(30-41)49-57-44(34-15-8-5-9-16-34)55-45(58-49)35-17-10-6-11-18-35/h5-32H,1-4H3. The van der Waals surface area contributed by atoms with Crippen molar-refractivity contribution in [2.45, 2.75) is 39.5 Å². The van der Waals surface area contributed by atoms with E-state index in [0.29, 0.717) is 40.8 Å². The number of hydrogen-bond acceptors (Lipinski definition) is 10. The second-order valence-corrected chi connectivity index (χ2v) is 15.0. The maximum Gasteiger partial charge on any atom is 0.164 e. The fourth-order valence-corrected chi connectivity index (χ4v) is 6.74. The van der Waals surface area contributed by atoms with Crippen LogP contribution in [0.5, 0.6) is 0 Å². The molecule has 0 saturated heterocycles. The summed E-state index contributed by atoms with van der Waals surface area (Å²) >= 11 is 0. The van der Waals surface area contributed by atoms with E-state index in [1.165, 1.54) is 0 Å². The average molecular weight is 781 g/mol. The summed E-state index contributed by atoms with van der Waals surface area (Å²) in [6.45, 7) is 8.38. The van der Waals surface area contributed by atoms with E-state index in [1.807, 2.05) is 133 Å². The van der Waals surface area contributed by atoms with Gasteiger partial charge in [0.15, 0.2) is 40.8 Å². The van der Waals surface area contributed by atoms with Gasteiger partial charge in [0.05, 0.1) is 0 Å². The van der Waals surface area contributed by atoms with Gasteiger partial charge >= 0.3 is 0 Å². The zero-order valence-electron chi connectivity index (χ0n) is 33.6. The molecule has 0 radical (unpaired) electrons. The van der Waals surface area contributed by atoms with Gasteiger partial charge in [0.1, 0.15) is 11.6 Å². The fourth-order valence-electron chi connectivity index (χ4n) is 6.74. The summed E-state index contributed by atoms with van der Waals surface area (Å²) in [7, 11) is 0. The molecule has 0 aliphatic rings. The molecule has 0 aliphatic heterocycles. The summed E-state index contributed by atoms with van der Waals surface area (Å²) in [6.07, 6.45) is 3.57. The van der Waals surface area contributed by atoms with Crippen molar-refractivity contribution < 1.29 is 0 Å². The smallest absolute Gasteiger partial charge is 0.164 e. The van der Waals surface area contributed by atoms with E-state index in [1.54, 1.807) is 12.4 Å². The van der Waals surface area contributed by atoms with Crippen molar-refractivity contribution in [3.8, 4) is 90.8 Å². The molecule has 290 valence electrons. The lowest BCUT2D eigenvalue weighted by Gasteiger charge is -2.13. The third kappa shape index (κ3) is 8.17. The van der Waals surface area contributed by atoms with E-state index in [4.69, 9.17) is 44.9 Å². The lowest BCUT2D eigenvalue weighted by molar-refractivity contribution is 0.697. The van der Waals surface area contributed by atoms with Crippen LogP contribution in [0, 0.1) is 0 Å². The van der Waals surface area contributed by atoms with Crippen molar-refractivity contribution in [2.75, 3.05) is 0 Å². The molecular weight excluding hydrogens is 741 g/mol. The first-order valence-electron chi connectivity index (χ1n) is 20.0. The minimum absolute atomic E-state index is 0.146. The summed E-state index contributed by atoms with van der Waals surface area (Å²) in [4.78, 5) is 49.2.